The van der Waals surface area contributed by atoms with Gasteiger partial charge in [0, 0.05) is 31.7 Å². The van der Waals surface area contributed by atoms with E-state index >= 15 is 0 Å². The van der Waals surface area contributed by atoms with Crippen LogP contribution in [0.3, 0.4) is 0 Å². The van der Waals surface area contributed by atoms with Crippen LogP contribution in [0.5, 0.6) is 0 Å². The van der Waals surface area contributed by atoms with E-state index in [2.05, 4.69) is 10.6 Å². The van der Waals surface area contributed by atoms with Crippen LogP contribution in [0.1, 0.15) is 24.2 Å². The number of nitro groups is 1. The minimum atomic E-state index is -0.597. The van der Waals surface area contributed by atoms with Gasteiger partial charge < -0.3 is 15.4 Å². The number of carbonyl (C=O) groups is 2. The summed E-state index contributed by atoms with van der Waals surface area (Å²) in [6.45, 7) is 3.99. The van der Waals surface area contributed by atoms with E-state index in [0.717, 1.165) is 6.07 Å². The zero-order chi connectivity index (χ0) is 16.7. The van der Waals surface area contributed by atoms with E-state index < -0.39 is 10.8 Å². The molecule has 0 saturated heterocycles. The van der Waals surface area contributed by atoms with Crippen molar-refractivity contribution in [3.63, 3.8) is 0 Å². The molecule has 1 aromatic carbocycles. The predicted octanol–water partition coefficient (Wildman–Crippen LogP) is 1.57. The molecule has 0 atom stereocenters. The first-order chi connectivity index (χ1) is 10.4. The molecule has 0 aliphatic rings. The number of methoxy groups -OCH3 is 1. The zero-order valence-electron chi connectivity index (χ0n) is 12.7. The van der Waals surface area contributed by atoms with Gasteiger partial charge in [-0.25, -0.2) is 0 Å². The van der Waals surface area contributed by atoms with Gasteiger partial charge in [0.1, 0.15) is 0 Å². The number of rotatable bonds is 7. The maximum atomic E-state index is 12.1. The summed E-state index contributed by atoms with van der Waals surface area (Å²) in [4.78, 5) is 34.1. The Morgan fingerprint density at radius 2 is 2.05 bits per heavy atom. The molecule has 22 heavy (non-hydrogen) atoms. The van der Waals surface area contributed by atoms with Crippen molar-refractivity contribution in [2.75, 3.05) is 25.6 Å². The van der Waals surface area contributed by atoms with Crippen molar-refractivity contribution < 1.29 is 19.2 Å². The van der Waals surface area contributed by atoms with Crippen molar-refractivity contribution in [2.45, 2.75) is 13.8 Å². The molecular formula is C14H19N3O5. The van der Waals surface area contributed by atoms with E-state index in [1.165, 1.54) is 19.2 Å². The Balaban J connectivity index is 3.06. The topological polar surface area (TPSA) is 111 Å². The summed E-state index contributed by atoms with van der Waals surface area (Å²) in [5.41, 5.74) is 0.0537. The van der Waals surface area contributed by atoms with Crippen molar-refractivity contribution in [1.29, 1.82) is 0 Å². The molecule has 120 valence electrons. The molecule has 8 nitrogen and oxygen atoms in total. The van der Waals surface area contributed by atoms with Crippen LogP contribution in [-0.4, -0.2) is 37.0 Å². The fourth-order valence-corrected chi connectivity index (χ4v) is 1.58. The highest BCUT2D eigenvalue weighted by Gasteiger charge is 2.18. The lowest BCUT2D eigenvalue weighted by Gasteiger charge is -2.12. The normalized spacial score (nSPS) is 10.4. The van der Waals surface area contributed by atoms with Gasteiger partial charge in [0.05, 0.1) is 22.8 Å². The number of hydrogen-bond donors (Lipinski definition) is 2. The van der Waals surface area contributed by atoms with Crippen molar-refractivity contribution in [3.05, 3.63) is 33.9 Å². The molecule has 1 rings (SSSR count). The Hall–Kier alpha value is -2.48. The van der Waals surface area contributed by atoms with E-state index in [0.29, 0.717) is 6.61 Å². The van der Waals surface area contributed by atoms with Crippen LogP contribution in [0.25, 0.3) is 0 Å². The van der Waals surface area contributed by atoms with E-state index in [1.54, 1.807) is 13.8 Å². The third-order valence-electron chi connectivity index (χ3n) is 2.83. The van der Waals surface area contributed by atoms with E-state index in [4.69, 9.17) is 4.74 Å². The van der Waals surface area contributed by atoms with Gasteiger partial charge in [0.2, 0.25) is 5.91 Å². The number of non-ortho nitro benzene ring substituents is 1. The first kappa shape index (κ1) is 17.6. The number of ether oxygens (including phenoxy) is 1. The Morgan fingerprint density at radius 1 is 1.36 bits per heavy atom. The van der Waals surface area contributed by atoms with Crippen LogP contribution >= 0.6 is 0 Å². The number of nitrogens with zero attached hydrogens (tertiary/aromatic N) is 1. The maximum absolute atomic E-state index is 12.1. The van der Waals surface area contributed by atoms with Gasteiger partial charge >= 0.3 is 0 Å². The number of nitrogens with one attached hydrogen (secondary N) is 2. The summed E-state index contributed by atoms with van der Waals surface area (Å²) in [5, 5.41) is 16.0. The van der Waals surface area contributed by atoms with Crippen LogP contribution in [-0.2, 0) is 9.53 Å². The molecule has 0 heterocycles. The summed E-state index contributed by atoms with van der Waals surface area (Å²) < 4.78 is 4.82. The van der Waals surface area contributed by atoms with Crippen LogP contribution in [0.15, 0.2) is 18.2 Å². The van der Waals surface area contributed by atoms with Crippen molar-refractivity contribution >= 4 is 23.2 Å². The molecule has 0 aromatic heterocycles. The van der Waals surface area contributed by atoms with E-state index in [1.807, 2.05) is 0 Å². The quantitative estimate of drug-likeness (QED) is 0.451. The second kappa shape index (κ2) is 8.08. The molecule has 8 heteroatoms. The van der Waals surface area contributed by atoms with E-state index in [9.17, 15) is 19.7 Å². The van der Waals surface area contributed by atoms with Crippen LogP contribution in [0.4, 0.5) is 11.4 Å². The molecule has 1 aromatic rings. The van der Waals surface area contributed by atoms with Gasteiger partial charge in [-0.05, 0) is 6.07 Å². The zero-order valence-corrected chi connectivity index (χ0v) is 12.7. The number of benzene rings is 1. The molecule has 0 aliphatic heterocycles. The molecule has 2 amide bonds. The third-order valence-corrected chi connectivity index (χ3v) is 2.83. The first-order valence-corrected chi connectivity index (χ1v) is 6.73. The molecule has 0 unspecified atom stereocenters. The Kier molecular flexibility index (Phi) is 6.46. The minimum Gasteiger partial charge on any atom is -0.383 e. The van der Waals surface area contributed by atoms with Crippen LogP contribution in [0, 0.1) is 16.0 Å². The summed E-state index contributed by atoms with van der Waals surface area (Å²) >= 11 is 0. The molecular weight excluding hydrogens is 290 g/mol. The molecule has 0 bridgehead atoms. The molecule has 2 N–H and O–H groups in total. The standard InChI is InChI=1S/C14H19N3O5/c1-9(2)13(18)16-12-5-4-10(17(20)21)8-11(12)14(19)15-6-7-22-3/h4-5,8-9H,6-7H2,1-3H3,(H,15,19)(H,16,18). The highest BCUT2D eigenvalue weighted by Crippen LogP contribution is 2.22. The second-order valence-electron chi connectivity index (χ2n) is 4.88. The largest absolute Gasteiger partial charge is 0.383 e. The van der Waals surface area contributed by atoms with Crippen LogP contribution in [0.2, 0.25) is 0 Å². The van der Waals surface area contributed by atoms with Gasteiger partial charge in [-0.3, -0.25) is 19.7 Å². The van der Waals surface area contributed by atoms with Crippen molar-refractivity contribution in [1.82, 2.24) is 5.32 Å². The fraction of sp³-hybridized carbons (Fsp3) is 0.429. The second-order valence-corrected chi connectivity index (χ2v) is 4.88. The minimum absolute atomic E-state index is 0.0410. The monoisotopic (exact) mass is 309 g/mol. The van der Waals surface area contributed by atoms with Gasteiger partial charge in [0.25, 0.3) is 11.6 Å². The fourth-order valence-electron chi connectivity index (χ4n) is 1.58. The third kappa shape index (κ3) is 4.81. The number of hydrogen-bond acceptors (Lipinski definition) is 5. The number of amides is 2. The lowest BCUT2D eigenvalue weighted by atomic mass is 10.1. The number of carbonyl (C=O) groups excluding carboxylic acids is 2. The summed E-state index contributed by atoms with van der Waals surface area (Å²) in [7, 11) is 1.49. The van der Waals surface area contributed by atoms with Gasteiger partial charge in [-0.15, -0.1) is 0 Å². The SMILES string of the molecule is COCCNC(=O)c1cc([N+](=O)[O-])ccc1NC(=O)C(C)C. The lowest BCUT2D eigenvalue weighted by molar-refractivity contribution is -0.384. The molecule has 0 aliphatic carbocycles. The average molecular weight is 309 g/mol. The first-order valence-electron chi connectivity index (χ1n) is 6.73. The molecule has 0 spiro atoms. The Labute approximate surface area is 128 Å². The van der Waals surface area contributed by atoms with Gasteiger partial charge in [0.15, 0.2) is 0 Å². The number of nitro benzene ring substituents is 1. The van der Waals surface area contributed by atoms with Crippen LogP contribution < -0.4 is 10.6 Å². The van der Waals surface area contributed by atoms with Crippen molar-refractivity contribution in [2.24, 2.45) is 5.92 Å². The molecule has 0 radical (unpaired) electrons. The van der Waals surface area contributed by atoms with E-state index in [-0.39, 0.29) is 35.3 Å². The lowest BCUT2D eigenvalue weighted by Crippen LogP contribution is -2.28. The Bertz CT molecular complexity index is 572. The summed E-state index contributed by atoms with van der Waals surface area (Å²) in [6, 6.07) is 3.73. The molecule has 0 fully saturated rings. The average Bonchev–Trinajstić information content (AvgIpc) is 2.47. The van der Waals surface area contributed by atoms with Gasteiger partial charge in [-0.2, -0.15) is 0 Å². The highest BCUT2D eigenvalue weighted by molar-refractivity contribution is 6.04. The van der Waals surface area contributed by atoms with Crippen molar-refractivity contribution in [3.8, 4) is 0 Å². The van der Waals surface area contributed by atoms with Gasteiger partial charge in [-0.1, -0.05) is 13.8 Å². The maximum Gasteiger partial charge on any atom is 0.270 e. The Morgan fingerprint density at radius 3 is 2.59 bits per heavy atom. The summed E-state index contributed by atoms with van der Waals surface area (Å²) in [6.07, 6.45) is 0. The predicted molar refractivity (Wildman–Crippen MR) is 80.8 cm³/mol. The smallest absolute Gasteiger partial charge is 0.270 e. The summed E-state index contributed by atoms with van der Waals surface area (Å²) in [5.74, 6) is -1.07. The highest BCUT2D eigenvalue weighted by atomic mass is 16.6. The molecule has 0 saturated carbocycles. The number of anilines is 1.